The molecule has 1 aliphatic heterocycles. The van der Waals surface area contributed by atoms with E-state index in [9.17, 15) is 9.59 Å². The number of anilines is 1. The summed E-state index contributed by atoms with van der Waals surface area (Å²) in [5.74, 6) is -0.966. The van der Waals surface area contributed by atoms with Gasteiger partial charge in [-0.15, -0.1) is 0 Å². The fourth-order valence-corrected chi connectivity index (χ4v) is 2.76. The summed E-state index contributed by atoms with van der Waals surface area (Å²) in [5.41, 5.74) is 2.06. The lowest BCUT2D eigenvalue weighted by Crippen LogP contribution is -2.49. The van der Waals surface area contributed by atoms with E-state index in [0.29, 0.717) is 13.1 Å². The first-order valence-electron chi connectivity index (χ1n) is 7.59. The Morgan fingerprint density at radius 2 is 1.70 bits per heavy atom. The molecule has 0 aromatic heterocycles. The van der Waals surface area contributed by atoms with Gasteiger partial charge in [0.1, 0.15) is 0 Å². The van der Waals surface area contributed by atoms with Crippen molar-refractivity contribution in [2.75, 3.05) is 18.0 Å². The molecule has 1 saturated heterocycles. The molecule has 1 aliphatic rings. The highest BCUT2D eigenvalue weighted by atomic mass is 16.4. The number of amides is 2. The van der Waals surface area contributed by atoms with Gasteiger partial charge in [-0.2, -0.15) is 0 Å². The molecule has 2 aromatic rings. The van der Waals surface area contributed by atoms with Crippen LogP contribution in [-0.4, -0.2) is 35.1 Å². The number of carboxylic acids is 1. The minimum absolute atomic E-state index is 0.0387. The summed E-state index contributed by atoms with van der Waals surface area (Å²) in [6, 6.07) is 16.3. The number of benzene rings is 2. The zero-order valence-corrected chi connectivity index (χ0v) is 12.7. The van der Waals surface area contributed by atoms with E-state index in [0.717, 1.165) is 24.2 Å². The fraction of sp³-hybridized carbons (Fsp3) is 0.222. The molecule has 1 heterocycles. The molecular formula is C18H18N2O3. The van der Waals surface area contributed by atoms with Crippen LogP contribution in [-0.2, 0) is 6.54 Å². The van der Waals surface area contributed by atoms with E-state index in [2.05, 4.69) is 0 Å². The van der Waals surface area contributed by atoms with Crippen molar-refractivity contribution in [3.8, 4) is 0 Å². The SMILES string of the molecule is O=C(O)c1ccc(N2CCCN(Cc3ccccc3)C2=O)cc1. The lowest BCUT2D eigenvalue weighted by atomic mass is 10.1. The average Bonchev–Trinajstić information content (AvgIpc) is 2.58. The Bertz CT molecular complexity index is 698. The van der Waals surface area contributed by atoms with Gasteiger partial charge in [0.2, 0.25) is 0 Å². The van der Waals surface area contributed by atoms with Crippen LogP contribution < -0.4 is 4.90 Å². The number of aromatic carboxylic acids is 1. The third-order valence-electron chi connectivity index (χ3n) is 3.95. The second-order valence-electron chi connectivity index (χ2n) is 5.55. The van der Waals surface area contributed by atoms with Crippen molar-refractivity contribution >= 4 is 17.7 Å². The van der Waals surface area contributed by atoms with E-state index in [1.54, 1.807) is 17.0 Å². The molecule has 5 nitrogen and oxygen atoms in total. The average molecular weight is 310 g/mol. The molecular weight excluding hydrogens is 292 g/mol. The molecule has 23 heavy (non-hydrogen) atoms. The van der Waals surface area contributed by atoms with Gasteiger partial charge in [0, 0.05) is 25.3 Å². The zero-order chi connectivity index (χ0) is 16.2. The molecule has 2 aromatic carbocycles. The molecule has 0 saturated carbocycles. The number of carboxylic acid groups (broad SMARTS) is 1. The van der Waals surface area contributed by atoms with Crippen molar-refractivity contribution in [2.45, 2.75) is 13.0 Å². The van der Waals surface area contributed by atoms with Crippen LogP contribution in [0, 0.1) is 0 Å². The lowest BCUT2D eigenvalue weighted by molar-refractivity contribution is 0.0697. The molecule has 1 N–H and O–H groups in total. The van der Waals surface area contributed by atoms with Gasteiger partial charge in [0.25, 0.3) is 0 Å². The van der Waals surface area contributed by atoms with Crippen LogP contribution in [0.4, 0.5) is 10.5 Å². The third-order valence-corrected chi connectivity index (χ3v) is 3.95. The molecule has 0 spiro atoms. The van der Waals surface area contributed by atoms with Gasteiger partial charge in [0.15, 0.2) is 0 Å². The van der Waals surface area contributed by atoms with Crippen LogP contribution in [0.5, 0.6) is 0 Å². The number of carbonyl (C=O) groups excluding carboxylic acids is 1. The monoisotopic (exact) mass is 310 g/mol. The van der Waals surface area contributed by atoms with E-state index >= 15 is 0 Å². The molecule has 0 radical (unpaired) electrons. The maximum Gasteiger partial charge on any atom is 0.335 e. The minimum atomic E-state index is -0.966. The van der Waals surface area contributed by atoms with E-state index in [1.807, 2.05) is 35.2 Å². The summed E-state index contributed by atoms with van der Waals surface area (Å²) in [6.45, 7) is 1.97. The van der Waals surface area contributed by atoms with Crippen LogP contribution >= 0.6 is 0 Å². The summed E-state index contributed by atoms with van der Waals surface area (Å²) in [5, 5.41) is 8.96. The largest absolute Gasteiger partial charge is 0.478 e. The summed E-state index contributed by atoms with van der Waals surface area (Å²) in [4.78, 5) is 27.1. The highest BCUT2D eigenvalue weighted by Crippen LogP contribution is 2.22. The summed E-state index contributed by atoms with van der Waals surface area (Å²) in [7, 11) is 0. The van der Waals surface area contributed by atoms with Crippen LogP contribution in [0.25, 0.3) is 0 Å². The van der Waals surface area contributed by atoms with Gasteiger partial charge in [-0.3, -0.25) is 4.90 Å². The summed E-state index contributed by atoms with van der Waals surface area (Å²) >= 11 is 0. The van der Waals surface area contributed by atoms with Gasteiger partial charge >= 0.3 is 12.0 Å². The smallest absolute Gasteiger partial charge is 0.335 e. The summed E-state index contributed by atoms with van der Waals surface area (Å²) in [6.07, 6.45) is 0.888. The first kappa shape index (κ1) is 15.1. The zero-order valence-electron chi connectivity index (χ0n) is 12.7. The predicted octanol–water partition coefficient (Wildman–Crippen LogP) is 3.22. The number of hydrogen-bond donors (Lipinski definition) is 1. The second kappa shape index (κ2) is 6.52. The summed E-state index contributed by atoms with van der Waals surface area (Å²) < 4.78 is 0. The number of carbonyl (C=O) groups is 2. The van der Waals surface area contributed by atoms with Gasteiger partial charge in [-0.25, -0.2) is 9.59 Å². The molecule has 118 valence electrons. The van der Waals surface area contributed by atoms with Crippen LogP contribution in [0.1, 0.15) is 22.3 Å². The quantitative estimate of drug-likeness (QED) is 0.943. The fourth-order valence-electron chi connectivity index (χ4n) is 2.76. The van der Waals surface area contributed by atoms with E-state index in [-0.39, 0.29) is 11.6 Å². The molecule has 1 fully saturated rings. The Morgan fingerprint density at radius 3 is 2.35 bits per heavy atom. The van der Waals surface area contributed by atoms with Crippen molar-refractivity contribution in [1.82, 2.24) is 4.90 Å². The Morgan fingerprint density at radius 1 is 1.00 bits per heavy atom. The first-order valence-corrected chi connectivity index (χ1v) is 7.59. The van der Waals surface area contributed by atoms with Crippen molar-refractivity contribution in [3.63, 3.8) is 0 Å². The molecule has 0 unspecified atom stereocenters. The Hall–Kier alpha value is -2.82. The van der Waals surface area contributed by atoms with Crippen LogP contribution in [0.3, 0.4) is 0 Å². The van der Waals surface area contributed by atoms with E-state index in [1.165, 1.54) is 12.1 Å². The highest BCUT2D eigenvalue weighted by Gasteiger charge is 2.26. The van der Waals surface area contributed by atoms with Crippen LogP contribution in [0.15, 0.2) is 54.6 Å². The molecule has 3 rings (SSSR count). The maximum absolute atomic E-state index is 12.7. The van der Waals surface area contributed by atoms with Gasteiger partial charge in [0.05, 0.1) is 5.56 Å². The molecule has 0 aliphatic carbocycles. The van der Waals surface area contributed by atoms with Crippen molar-refractivity contribution in [1.29, 1.82) is 0 Å². The molecule has 5 heteroatoms. The van der Waals surface area contributed by atoms with E-state index < -0.39 is 5.97 Å². The number of hydrogen-bond acceptors (Lipinski definition) is 2. The highest BCUT2D eigenvalue weighted by molar-refractivity contribution is 5.94. The van der Waals surface area contributed by atoms with Crippen molar-refractivity contribution in [3.05, 3.63) is 65.7 Å². The Kier molecular flexibility index (Phi) is 4.28. The standard InChI is InChI=1S/C18H18N2O3/c21-17(22)15-7-9-16(10-8-15)20-12-4-11-19(18(20)23)13-14-5-2-1-3-6-14/h1-3,5-10H,4,11-13H2,(H,21,22). The molecule has 2 amide bonds. The Labute approximate surface area is 134 Å². The Balaban J connectivity index is 1.75. The number of nitrogens with zero attached hydrogens (tertiary/aromatic N) is 2. The van der Waals surface area contributed by atoms with E-state index in [4.69, 9.17) is 5.11 Å². The molecule has 0 atom stereocenters. The van der Waals surface area contributed by atoms with Gasteiger partial charge in [-0.05, 0) is 36.2 Å². The first-order chi connectivity index (χ1) is 11.1. The predicted molar refractivity (Wildman–Crippen MR) is 87.6 cm³/mol. The number of rotatable bonds is 4. The van der Waals surface area contributed by atoms with Gasteiger partial charge in [-0.1, -0.05) is 30.3 Å². The maximum atomic E-state index is 12.7. The van der Waals surface area contributed by atoms with Crippen molar-refractivity contribution in [2.24, 2.45) is 0 Å². The normalized spacial score (nSPS) is 14.9. The topological polar surface area (TPSA) is 60.9 Å². The third kappa shape index (κ3) is 3.34. The van der Waals surface area contributed by atoms with Crippen molar-refractivity contribution < 1.29 is 14.7 Å². The van der Waals surface area contributed by atoms with Crippen LogP contribution in [0.2, 0.25) is 0 Å². The lowest BCUT2D eigenvalue weighted by Gasteiger charge is -2.35. The number of urea groups is 1. The molecule has 0 bridgehead atoms. The second-order valence-corrected chi connectivity index (χ2v) is 5.55. The van der Waals surface area contributed by atoms with Gasteiger partial charge < -0.3 is 10.0 Å². The minimum Gasteiger partial charge on any atom is -0.478 e.